The van der Waals surface area contributed by atoms with Crippen molar-refractivity contribution in [2.45, 2.75) is 56.4 Å². The normalized spacial score (nSPS) is 31.3. The highest BCUT2D eigenvalue weighted by atomic mass is 35.5. The van der Waals surface area contributed by atoms with E-state index in [1.165, 1.54) is 4.90 Å². The second-order valence-electron chi connectivity index (χ2n) is 10.0. The van der Waals surface area contributed by atoms with Crippen molar-refractivity contribution in [2.75, 3.05) is 17.2 Å². The van der Waals surface area contributed by atoms with Crippen LogP contribution in [0.25, 0.3) is 0 Å². The number of rotatable bonds is 7. The van der Waals surface area contributed by atoms with Crippen LogP contribution in [0.1, 0.15) is 33.1 Å². The van der Waals surface area contributed by atoms with Crippen molar-refractivity contribution in [2.24, 2.45) is 11.8 Å². The van der Waals surface area contributed by atoms with E-state index in [1.807, 2.05) is 32.0 Å². The van der Waals surface area contributed by atoms with Gasteiger partial charge in [0.1, 0.15) is 11.6 Å². The van der Waals surface area contributed by atoms with Crippen LogP contribution in [0.2, 0.25) is 5.02 Å². The van der Waals surface area contributed by atoms with Crippen molar-refractivity contribution in [3.8, 4) is 0 Å². The Balaban J connectivity index is 1.54. The highest BCUT2D eigenvalue weighted by Crippen LogP contribution is 2.63. The summed E-state index contributed by atoms with van der Waals surface area (Å²) in [5.74, 6) is -2.72. The summed E-state index contributed by atoms with van der Waals surface area (Å²) in [6, 6.07) is 14.3. The van der Waals surface area contributed by atoms with Crippen molar-refractivity contribution in [3.05, 3.63) is 59.6 Å². The van der Waals surface area contributed by atoms with Crippen LogP contribution in [-0.4, -0.2) is 57.6 Å². The molecule has 3 heterocycles. The number of benzene rings is 2. The number of aliphatic hydroxyl groups is 1. The molecule has 9 heteroatoms. The minimum absolute atomic E-state index is 0.306. The van der Waals surface area contributed by atoms with Gasteiger partial charge in [-0.1, -0.05) is 48.9 Å². The second kappa shape index (κ2) is 9.18. The van der Waals surface area contributed by atoms with Gasteiger partial charge in [0.2, 0.25) is 17.7 Å². The summed E-state index contributed by atoms with van der Waals surface area (Å²) in [5, 5.41) is 16.3. The Morgan fingerprint density at radius 2 is 1.81 bits per heavy atom. The third-order valence-electron chi connectivity index (χ3n) is 7.99. The molecule has 36 heavy (non-hydrogen) atoms. The van der Waals surface area contributed by atoms with Gasteiger partial charge in [0.25, 0.3) is 0 Å². The lowest BCUT2D eigenvalue weighted by Crippen LogP contribution is -2.56. The molecule has 1 spiro atoms. The van der Waals surface area contributed by atoms with Gasteiger partial charge in [0.15, 0.2) is 0 Å². The van der Waals surface area contributed by atoms with Gasteiger partial charge in [0.05, 0.1) is 40.8 Å². The maximum Gasteiger partial charge on any atom is 0.250 e. The fraction of sp³-hybridized carbons (Fsp3) is 0.444. The van der Waals surface area contributed by atoms with Gasteiger partial charge in [-0.3, -0.25) is 14.4 Å². The molecule has 0 saturated carbocycles. The van der Waals surface area contributed by atoms with Gasteiger partial charge in [-0.2, -0.15) is 0 Å². The van der Waals surface area contributed by atoms with Gasteiger partial charge in [-0.25, -0.2) is 0 Å². The number of hydrogen-bond acceptors (Lipinski definition) is 5. The average molecular weight is 512 g/mol. The first-order valence-corrected chi connectivity index (χ1v) is 12.7. The van der Waals surface area contributed by atoms with Crippen molar-refractivity contribution in [3.63, 3.8) is 0 Å². The second-order valence-corrected chi connectivity index (χ2v) is 10.4. The van der Waals surface area contributed by atoms with E-state index in [-0.39, 0.29) is 18.4 Å². The van der Waals surface area contributed by atoms with E-state index in [4.69, 9.17) is 16.3 Å². The zero-order valence-corrected chi connectivity index (χ0v) is 21.0. The number of nitrogens with zero attached hydrogens (tertiary/aromatic N) is 1. The van der Waals surface area contributed by atoms with Crippen LogP contribution in [0.5, 0.6) is 0 Å². The Labute approximate surface area is 215 Å². The lowest BCUT2D eigenvalue weighted by atomic mass is 9.66. The van der Waals surface area contributed by atoms with Crippen LogP contribution in [-0.2, 0) is 19.1 Å². The number of halogens is 1. The number of para-hydroxylation sites is 2. The summed E-state index contributed by atoms with van der Waals surface area (Å²) in [5.41, 5.74) is -1.03. The summed E-state index contributed by atoms with van der Waals surface area (Å²) in [6.07, 6.45) is 1.43. The van der Waals surface area contributed by atoms with Gasteiger partial charge < -0.3 is 25.4 Å². The third kappa shape index (κ3) is 3.70. The molecule has 0 radical (unpaired) electrons. The molecule has 5 rings (SSSR count). The van der Waals surface area contributed by atoms with Crippen molar-refractivity contribution >= 4 is 40.7 Å². The van der Waals surface area contributed by atoms with E-state index in [1.54, 1.807) is 36.4 Å². The first-order chi connectivity index (χ1) is 17.3. The summed E-state index contributed by atoms with van der Waals surface area (Å²) < 4.78 is 6.59. The smallest absolute Gasteiger partial charge is 0.250 e. The molecule has 0 aromatic heterocycles. The molecule has 0 aliphatic carbocycles. The molecular formula is C27H30ClN3O5. The topological polar surface area (TPSA) is 108 Å². The van der Waals surface area contributed by atoms with E-state index < -0.39 is 41.0 Å². The van der Waals surface area contributed by atoms with Crippen LogP contribution < -0.4 is 10.6 Å². The maximum absolute atomic E-state index is 14.0. The number of fused-ring (bicyclic) bond motifs is 1. The Morgan fingerprint density at radius 3 is 2.47 bits per heavy atom. The van der Waals surface area contributed by atoms with E-state index in [9.17, 15) is 19.5 Å². The molecule has 6 atom stereocenters. The molecule has 3 amide bonds. The van der Waals surface area contributed by atoms with E-state index in [0.717, 1.165) is 0 Å². The number of amides is 3. The zero-order chi connectivity index (χ0) is 25.7. The lowest BCUT2D eigenvalue weighted by Gasteiger charge is -2.36. The minimum atomic E-state index is -1.18. The molecule has 3 N–H and O–H groups in total. The maximum atomic E-state index is 14.0. The molecule has 2 aromatic carbocycles. The molecular weight excluding hydrogens is 482 g/mol. The number of carbonyl (C=O) groups excluding carboxylic acids is 3. The van der Waals surface area contributed by atoms with Crippen LogP contribution in [0.15, 0.2) is 54.6 Å². The fourth-order valence-electron chi connectivity index (χ4n) is 6.38. The van der Waals surface area contributed by atoms with Gasteiger partial charge >= 0.3 is 0 Å². The van der Waals surface area contributed by atoms with Gasteiger partial charge in [0, 0.05) is 5.69 Å². The fourth-order valence-corrected chi connectivity index (χ4v) is 6.56. The molecule has 8 nitrogen and oxygen atoms in total. The Bertz CT molecular complexity index is 1190. The Morgan fingerprint density at radius 1 is 1.11 bits per heavy atom. The number of hydrogen-bond donors (Lipinski definition) is 3. The zero-order valence-electron chi connectivity index (χ0n) is 20.2. The van der Waals surface area contributed by atoms with Crippen LogP contribution >= 0.6 is 11.6 Å². The third-order valence-corrected chi connectivity index (χ3v) is 8.32. The van der Waals surface area contributed by atoms with E-state index >= 15 is 0 Å². The van der Waals surface area contributed by atoms with Crippen molar-refractivity contribution in [1.29, 1.82) is 0 Å². The molecule has 3 aliphatic rings. The molecule has 190 valence electrons. The molecule has 2 unspecified atom stereocenters. The van der Waals surface area contributed by atoms with E-state index in [0.29, 0.717) is 35.7 Å². The Kier molecular flexibility index (Phi) is 6.31. The predicted molar refractivity (Wildman–Crippen MR) is 135 cm³/mol. The predicted octanol–water partition coefficient (Wildman–Crippen LogP) is 3.45. The summed E-state index contributed by atoms with van der Waals surface area (Å²) in [6.45, 7) is 3.39. The average Bonchev–Trinajstić information content (AvgIpc) is 3.43. The number of ether oxygens (including phenoxy) is 1. The highest BCUT2D eigenvalue weighted by molar-refractivity contribution is 6.33. The molecule has 2 aromatic rings. The van der Waals surface area contributed by atoms with Crippen LogP contribution in [0, 0.1) is 11.8 Å². The van der Waals surface area contributed by atoms with Gasteiger partial charge in [-0.05, 0) is 50.5 Å². The number of anilines is 2. The minimum Gasteiger partial charge on any atom is -0.394 e. The molecule has 2 bridgehead atoms. The Hall–Kier alpha value is -2.94. The van der Waals surface area contributed by atoms with E-state index in [2.05, 4.69) is 10.6 Å². The number of nitrogens with one attached hydrogen (secondary N) is 2. The summed E-state index contributed by atoms with van der Waals surface area (Å²) in [4.78, 5) is 42.9. The quantitative estimate of drug-likeness (QED) is 0.527. The molecule has 3 fully saturated rings. The summed E-state index contributed by atoms with van der Waals surface area (Å²) in [7, 11) is 0. The van der Waals surface area contributed by atoms with Crippen molar-refractivity contribution in [1.82, 2.24) is 4.90 Å². The first kappa shape index (κ1) is 24.7. The SMILES string of the molecule is CC[C@@H](CO)N1C(=O)[C@@H]2[C@@H](C(=O)Nc3ccccc3)[C@@]3(C)CCC2(O3)C1C(=O)Nc1ccccc1Cl. The number of carbonyl (C=O) groups is 3. The molecule has 3 saturated heterocycles. The monoisotopic (exact) mass is 511 g/mol. The molecule has 3 aliphatic heterocycles. The number of aliphatic hydroxyl groups excluding tert-OH is 1. The lowest BCUT2D eigenvalue weighted by molar-refractivity contribution is -0.146. The van der Waals surface area contributed by atoms with Gasteiger partial charge in [-0.15, -0.1) is 0 Å². The standard InChI is InChI=1S/C27H30ClN3O5/c1-3-17(15-32)31-22(24(34)30-19-12-8-7-11-18(19)28)27-14-13-26(2,36-27)20(21(27)25(31)35)23(33)29-16-9-5-4-6-10-16/h4-12,17,20-22,32H,3,13-15H2,1-2H3,(H,29,33)(H,30,34)/t17-,20-,21-,22?,26+,27?/m0/s1. The first-order valence-electron chi connectivity index (χ1n) is 12.3. The van der Waals surface area contributed by atoms with Crippen LogP contribution in [0.3, 0.4) is 0 Å². The largest absolute Gasteiger partial charge is 0.394 e. The van der Waals surface area contributed by atoms with Crippen LogP contribution in [0.4, 0.5) is 11.4 Å². The number of likely N-dealkylation sites (tertiary alicyclic amines) is 1. The van der Waals surface area contributed by atoms with Crippen molar-refractivity contribution < 1.29 is 24.2 Å². The summed E-state index contributed by atoms with van der Waals surface area (Å²) >= 11 is 6.29. The highest BCUT2D eigenvalue weighted by Gasteiger charge is 2.78.